The van der Waals surface area contributed by atoms with E-state index in [1.807, 2.05) is 0 Å². The van der Waals surface area contributed by atoms with E-state index in [9.17, 15) is 0 Å². The van der Waals surface area contributed by atoms with Crippen molar-refractivity contribution in [2.45, 2.75) is 118 Å². The molecule has 0 amide bonds. The molecule has 0 heterocycles. The van der Waals surface area contributed by atoms with Crippen molar-refractivity contribution in [3.63, 3.8) is 0 Å². The lowest BCUT2D eigenvalue weighted by molar-refractivity contribution is 0.331. The predicted molar refractivity (Wildman–Crippen MR) is 129 cm³/mol. The van der Waals surface area contributed by atoms with E-state index in [-0.39, 0.29) is 16.2 Å². The number of allylic oxidation sites excluding steroid dienone is 3. The summed E-state index contributed by atoms with van der Waals surface area (Å²) in [7, 11) is 0. The third-order valence-corrected chi connectivity index (χ3v) is 6.38. The maximum absolute atomic E-state index is 4.00. The summed E-state index contributed by atoms with van der Waals surface area (Å²) in [6.07, 6.45) is 11.0. The lowest BCUT2D eigenvalue weighted by Crippen LogP contribution is -2.34. The summed E-state index contributed by atoms with van der Waals surface area (Å²) >= 11 is 0. The first kappa shape index (κ1) is 24.7. The Bertz CT molecular complexity index is 693. The number of benzene rings is 1. The monoisotopic (exact) mass is 382 g/mol. The average Bonchev–Trinajstić information content (AvgIpc) is 2.58. The average molecular weight is 383 g/mol. The van der Waals surface area contributed by atoms with Gasteiger partial charge in [0.25, 0.3) is 0 Å². The van der Waals surface area contributed by atoms with E-state index < -0.39 is 0 Å². The van der Waals surface area contributed by atoms with E-state index in [2.05, 4.69) is 100 Å². The van der Waals surface area contributed by atoms with E-state index in [4.69, 9.17) is 0 Å². The summed E-state index contributed by atoms with van der Waals surface area (Å²) < 4.78 is 0. The van der Waals surface area contributed by atoms with Crippen LogP contribution in [0.2, 0.25) is 0 Å². The highest BCUT2D eigenvalue weighted by Gasteiger charge is 2.38. The van der Waals surface area contributed by atoms with Gasteiger partial charge in [-0.1, -0.05) is 111 Å². The van der Waals surface area contributed by atoms with Crippen molar-refractivity contribution >= 4 is 0 Å². The number of hydrogen-bond donors (Lipinski definition) is 0. The molecule has 0 saturated heterocycles. The first-order valence-corrected chi connectivity index (χ1v) is 11.3. The smallest absolute Gasteiger partial charge is 0.00812 e. The largest absolute Gasteiger partial charge is 0.0961 e. The second kappa shape index (κ2) is 9.47. The molecule has 0 spiro atoms. The second-order valence-electron chi connectivity index (χ2n) is 10.7. The first-order chi connectivity index (χ1) is 12.8. The lowest BCUT2D eigenvalue weighted by atomic mass is 9.61. The molecular weight excluding hydrogens is 336 g/mol. The minimum atomic E-state index is 0.0235. The fourth-order valence-electron chi connectivity index (χ4n) is 4.21. The van der Waals surface area contributed by atoms with Gasteiger partial charge in [0.05, 0.1) is 0 Å². The van der Waals surface area contributed by atoms with Crippen molar-refractivity contribution in [1.82, 2.24) is 0 Å². The van der Waals surface area contributed by atoms with Crippen molar-refractivity contribution in [2.24, 2.45) is 0 Å². The van der Waals surface area contributed by atoms with Crippen molar-refractivity contribution in [3.05, 3.63) is 58.7 Å². The van der Waals surface area contributed by atoms with Gasteiger partial charge in [0.2, 0.25) is 0 Å². The van der Waals surface area contributed by atoms with Crippen LogP contribution in [0, 0.1) is 6.92 Å². The fraction of sp³-hybridized carbons (Fsp3) is 0.643. The highest BCUT2D eigenvalue weighted by atomic mass is 14.4. The van der Waals surface area contributed by atoms with E-state index in [0.29, 0.717) is 0 Å². The standard InChI is InChI=1S/C23H34.C5H12/c1-16(2)10-11-21(4,5)18-15-20-19(14-17(18)3)22(6,7)12-13-23(20,8)9;1-3-5-4-2/h10-11,14-15H,1,12-13H2,2-9H3;3-5H2,1-2H3/b11-10+;. The number of unbranched alkanes of at least 4 members (excludes halogenated alkanes) is 2. The van der Waals surface area contributed by atoms with Gasteiger partial charge < -0.3 is 0 Å². The number of hydrogen-bond acceptors (Lipinski definition) is 0. The van der Waals surface area contributed by atoms with Gasteiger partial charge in [0.1, 0.15) is 0 Å². The van der Waals surface area contributed by atoms with Gasteiger partial charge in [-0.15, -0.1) is 0 Å². The molecular formula is C28H46. The Morgan fingerprint density at radius 1 is 1.00 bits per heavy atom. The second-order valence-corrected chi connectivity index (χ2v) is 10.7. The maximum atomic E-state index is 4.00. The molecule has 0 aromatic heterocycles. The Morgan fingerprint density at radius 2 is 1.46 bits per heavy atom. The van der Waals surface area contributed by atoms with Gasteiger partial charge in [-0.25, -0.2) is 0 Å². The summed E-state index contributed by atoms with van der Waals surface area (Å²) in [6.45, 7) is 26.9. The third kappa shape index (κ3) is 6.10. The summed E-state index contributed by atoms with van der Waals surface area (Å²) in [5, 5.41) is 0. The molecule has 1 aromatic carbocycles. The van der Waals surface area contributed by atoms with Crippen LogP contribution in [0.1, 0.15) is 117 Å². The van der Waals surface area contributed by atoms with E-state index in [0.717, 1.165) is 5.57 Å². The summed E-state index contributed by atoms with van der Waals surface area (Å²) in [6, 6.07) is 4.95. The number of aryl methyl sites for hydroxylation is 1. The zero-order valence-corrected chi connectivity index (χ0v) is 20.6. The molecule has 0 saturated carbocycles. The molecule has 0 atom stereocenters. The molecule has 0 heteroatoms. The van der Waals surface area contributed by atoms with Crippen LogP contribution in [0.4, 0.5) is 0 Å². The van der Waals surface area contributed by atoms with Crippen LogP contribution in [0.15, 0.2) is 36.4 Å². The van der Waals surface area contributed by atoms with Crippen molar-refractivity contribution in [1.29, 1.82) is 0 Å². The maximum Gasteiger partial charge on any atom is 0.00812 e. The molecule has 0 unspecified atom stereocenters. The highest BCUT2D eigenvalue weighted by Crippen LogP contribution is 2.47. The Balaban J connectivity index is 0.000000696. The van der Waals surface area contributed by atoms with Gasteiger partial charge >= 0.3 is 0 Å². The Hall–Kier alpha value is -1.30. The molecule has 1 aliphatic carbocycles. The SMILES string of the molecule is C=C(C)/C=C/C(C)(C)c1cc2c(cc1C)C(C)(C)CCC2(C)C.CCCCC. The van der Waals surface area contributed by atoms with Crippen molar-refractivity contribution in [3.8, 4) is 0 Å². The molecule has 0 radical (unpaired) electrons. The molecule has 1 aliphatic rings. The molecule has 0 N–H and O–H groups in total. The highest BCUT2D eigenvalue weighted by molar-refractivity contribution is 5.50. The fourth-order valence-corrected chi connectivity index (χ4v) is 4.21. The molecule has 1 aromatic rings. The molecule has 2 rings (SSSR count). The number of fused-ring (bicyclic) bond motifs is 1. The van der Waals surface area contributed by atoms with Crippen LogP contribution < -0.4 is 0 Å². The summed E-state index contributed by atoms with van der Waals surface area (Å²) in [4.78, 5) is 0. The van der Waals surface area contributed by atoms with E-state index in [1.54, 1.807) is 11.1 Å². The molecule has 0 fully saturated rings. The Kier molecular flexibility index (Phi) is 8.36. The van der Waals surface area contributed by atoms with Crippen LogP contribution in [-0.2, 0) is 16.2 Å². The van der Waals surface area contributed by atoms with Gasteiger partial charge in [-0.2, -0.15) is 0 Å². The van der Waals surface area contributed by atoms with Crippen molar-refractivity contribution in [2.75, 3.05) is 0 Å². The summed E-state index contributed by atoms with van der Waals surface area (Å²) in [5.74, 6) is 0. The van der Waals surface area contributed by atoms with E-state index in [1.165, 1.54) is 43.2 Å². The Labute approximate surface area is 176 Å². The molecule has 0 bridgehead atoms. The minimum Gasteiger partial charge on any atom is -0.0961 e. The van der Waals surface area contributed by atoms with Crippen molar-refractivity contribution < 1.29 is 0 Å². The van der Waals surface area contributed by atoms with Crippen LogP contribution in [0.25, 0.3) is 0 Å². The zero-order chi connectivity index (χ0) is 21.8. The van der Waals surface area contributed by atoms with Crippen LogP contribution in [0.3, 0.4) is 0 Å². The van der Waals surface area contributed by atoms with Gasteiger partial charge in [-0.05, 0) is 59.8 Å². The van der Waals surface area contributed by atoms with Gasteiger partial charge in [0, 0.05) is 5.41 Å². The lowest BCUT2D eigenvalue weighted by Gasteiger charge is -2.43. The quantitative estimate of drug-likeness (QED) is 0.446. The number of rotatable bonds is 5. The zero-order valence-electron chi connectivity index (χ0n) is 20.6. The first-order valence-electron chi connectivity index (χ1n) is 11.3. The normalized spacial score (nSPS) is 17.6. The molecule has 28 heavy (non-hydrogen) atoms. The molecule has 0 aliphatic heterocycles. The third-order valence-electron chi connectivity index (χ3n) is 6.38. The summed E-state index contributed by atoms with van der Waals surface area (Å²) in [5.41, 5.74) is 7.63. The van der Waals surface area contributed by atoms with Crippen LogP contribution in [0.5, 0.6) is 0 Å². The van der Waals surface area contributed by atoms with Gasteiger partial charge in [-0.3, -0.25) is 0 Å². The van der Waals surface area contributed by atoms with Gasteiger partial charge in [0.15, 0.2) is 0 Å². The Morgan fingerprint density at radius 3 is 1.86 bits per heavy atom. The van der Waals surface area contributed by atoms with E-state index >= 15 is 0 Å². The topological polar surface area (TPSA) is 0 Å². The van der Waals surface area contributed by atoms with Crippen LogP contribution >= 0.6 is 0 Å². The van der Waals surface area contributed by atoms with Crippen LogP contribution in [-0.4, -0.2) is 0 Å². The molecule has 158 valence electrons. The molecule has 0 nitrogen and oxygen atoms in total. The predicted octanol–water partition coefficient (Wildman–Crippen LogP) is 8.95. The minimum absolute atomic E-state index is 0.0235.